The highest BCUT2D eigenvalue weighted by atomic mass is 16.5. The Balaban J connectivity index is 2.16. The molecule has 0 bridgehead atoms. The Morgan fingerprint density at radius 3 is 2.53 bits per heavy atom. The monoisotopic (exact) mass is 253 g/mol. The number of hydrogen-bond acceptors (Lipinski definition) is 2. The maximum absolute atomic E-state index is 11.9. The molecule has 1 N–H and O–H groups in total. The van der Waals surface area contributed by atoms with E-state index in [1.165, 1.54) is 0 Å². The van der Waals surface area contributed by atoms with Crippen LogP contribution in [0.5, 0.6) is 5.75 Å². The van der Waals surface area contributed by atoms with Gasteiger partial charge in [0.1, 0.15) is 11.4 Å². The summed E-state index contributed by atoms with van der Waals surface area (Å²) in [6.07, 6.45) is 0. The Bertz CT molecular complexity index is 776. The average molecular weight is 253 g/mol. The molecule has 0 amide bonds. The molecule has 0 aliphatic rings. The number of nitrogens with one attached hydrogen (secondary N) is 1. The van der Waals surface area contributed by atoms with Crippen molar-refractivity contribution in [3.63, 3.8) is 0 Å². The van der Waals surface area contributed by atoms with Gasteiger partial charge < -0.3 is 4.74 Å². The molecule has 4 nitrogen and oxygen atoms in total. The quantitative estimate of drug-likeness (QED) is 0.714. The van der Waals surface area contributed by atoms with Crippen molar-refractivity contribution >= 4 is 10.9 Å². The first kappa shape index (κ1) is 11.5. The van der Waals surface area contributed by atoms with Crippen LogP contribution in [0.1, 0.15) is 0 Å². The lowest BCUT2D eigenvalue weighted by Gasteiger charge is -2.02. The molecule has 0 aliphatic carbocycles. The first-order chi connectivity index (χ1) is 9.28. The van der Waals surface area contributed by atoms with Crippen LogP contribution in [-0.4, -0.2) is 12.2 Å². The van der Waals surface area contributed by atoms with Crippen LogP contribution < -0.4 is 9.28 Å². The molecular formula is C15H13N2O2+. The van der Waals surface area contributed by atoms with E-state index >= 15 is 0 Å². The number of H-pyrrole nitrogens is 1. The molecule has 0 saturated carbocycles. The lowest BCUT2D eigenvalue weighted by molar-refractivity contribution is -0.534. The van der Waals surface area contributed by atoms with Gasteiger partial charge in [-0.3, -0.25) is 0 Å². The summed E-state index contributed by atoms with van der Waals surface area (Å²) in [6, 6.07) is 17.0. The van der Waals surface area contributed by atoms with Crippen molar-refractivity contribution in [2.75, 3.05) is 7.11 Å². The van der Waals surface area contributed by atoms with Crippen molar-refractivity contribution < 1.29 is 9.28 Å². The van der Waals surface area contributed by atoms with Gasteiger partial charge >= 0.3 is 0 Å². The van der Waals surface area contributed by atoms with E-state index in [-0.39, 0.29) is 0 Å². The zero-order chi connectivity index (χ0) is 13.2. The molecule has 3 rings (SSSR count). The van der Waals surface area contributed by atoms with Gasteiger partial charge in [-0.15, -0.1) is 5.10 Å². The lowest BCUT2D eigenvalue weighted by Crippen LogP contribution is -2.20. The third kappa shape index (κ3) is 2.08. The Labute approximate surface area is 109 Å². The third-order valence-electron chi connectivity index (χ3n) is 3.08. The van der Waals surface area contributed by atoms with Crippen LogP contribution >= 0.6 is 0 Å². The number of aromatic amines is 1. The van der Waals surface area contributed by atoms with Gasteiger partial charge in [0.05, 0.1) is 17.4 Å². The summed E-state index contributed by atoms with van der Waals surface area (Å²) < 4.78 is 5.91. The molecule has 19 heavy (non-hydrogen) atoms. The average Bonchev–Trinajstić information content (AvgIpc) is 2.47. The van der Waals surface area contributed by atoms with Crippen LogP contribution in [0.3, 0.4) is 0 Å². The molecule has 94 valence electrons. The summed E-state index contributed by atoms with van der Waals surface area (Å²) in [5.41, 5.74) is 2.34. The highest BCUT2D eigenvalue weighted by molar-refractivity contribution is 5.79. The van der Waals surface area contributed by atoms with E-state index in [0.29, 0.717) is 5.52 Å². The zero-order valence-corrected chi connectivity index (χ0v) is 10.5. The van der Waals surface area contributed by atoms with Crippen LogP contribution in [0, 0.1) is 4.91 Å². The van der Waals surface area contributed by atoms with E-state index in [9.17, 15) is 4.91 Å². The number of para-hydroxylation sites is 1. The van der Waals surface area contributed by atoms with Gasteiger partial charge in [0, 0.05) is 11.6 Å². The van der Waals surface area contributed by atoms with E-state index in [0.717, 1.165) is 26.9 Å². The molecule has 3 aromatic rings. The minimum Gasteiger partial charge on any atom is -0.497 e. The van der Waals surface area contributed by atoms with E-state index in [4.69, 9.17) is 4.74 Å². The summed E-state index contributed by atoms with van der Waals surface area (Å²) in [6.45, 7) is 0. The molecule has 0 unspecified atom stereocenters. The second-order valence-corrected chi connectivity index (χ2v) is 4.25. The van der Waals surface area contributed by atoms with Crippen molar-refractivity contribution in [2.45, 2.75) is 0 Å². The normalized spacial score (nSPS) is 10.6. The van der Waals surface area contributed by atoms with Crippen molar-refractivity contribution in [1.29, 1.82) is 0 Å². The van der Waals surface area contributed by atoms with Crippen LogP contribution in [0.15, 0.2) is 54.6 Å². The minimum absolute atomic E-state index is 0.625. The lowest BCUT2D eigenvalue weighted by atomic mass is 10.1. The largest absolute Gasteiger partial charge is 0.497 e. The first-order valence-corrected chi connectivity index (χ1v) is 5.97. The van der Waals surface area contributed by atoms with Gasteiger partial charge in [0.15, 0.2) is 4.54 Å². The Kier molecular flexibility index (Phi) is 2.76. The first-order valence-electron chi connectivity index (χ1n) is 5.97. The summed E-state index contributed by atoms with van der Waals surface area (Å²) in [7, 11) is 1.63. The Morgan fingerprint density at radius 2 is 1.79 bits per heavy atom. The molecule has 0 atom stereocenters. The standard InChI is InChI=1S/C15H13N2O2/c1-19-13-8-6-11(7-9-13)14-10-12-4-2-3-5-15(12)17(18)16-14/h2-10H,1H3,(H,16,18)/q+1. The number of benzene rings is 2. The molecule has 2 aromatic carbocycles. The van der Waals surface area contributed by atoms with Crippen LogP contribution in [0.25, 0.3) is 22.2 Å². The number of hydrogen-bond donors (Lipinski definition) is 1. The molecule has 1 aromatic heterocycles. The zero-order valence-electron chi connectivity index (χ0n) is 10.5. The maximum atomic E-state index is 11.9. The molecule has 0 fully saturated rings. The molecule has 0 spiro atoms. The Hall–Kier alpha value is -2.62. The molecule has 0 saturated heterocycles. The second-order valence-electron chi connectivity index (χ2n) is 4.25. The van der Waals surface area contributed by atoms with E-state index in [1.54, 1.807) is 13.2 Å². The Morgan fingerprint density at radius 1 is 1.05 bits per heavy atom. The summed E-state index contributed by atoms with van der Waals surface area (Å²) >= 11 is 0. The van der Waals surface area contributed by atoms with Gasteiger partial charge in [-0.1, -0.05) is 12.1 Å². The third-order valence-corrected chi connectivity index (χ3v) is 3.08. The van der Waals surface area contributed by atoms with Gasteiger partial charge in [-0.05, 0) is 36.4 Å². The summed E-state index contributed by atoms with van der Waals surface area (Å²) in [4.78, 5) is 11.9. The molecule has 0 radical (unpaired) electrons. The van der Waals surface area contributed by atoms with Crippen LogP contribution in [0.4, 0.5) is 0 Å². The number of rotatable bonds is 2. The van der Waals surface area contributed by atoms with Crippen molar-refractivity contribution in [3.05, 3.63) is 59.5 Å². The number of methoxy groups -OCH3 is 1. The number of fused-ring (bicyclic) bond motifs is 1. The summed E-state index contributed by atoms with van der Waals surface area (Å²) in [5, 5.41) is 3.73. The number of ether oxygens (including phenoxy) is 1. The van der Waals surface area contributed by atoms with Crippen LogP contribution in [0.2, 0.25) is 0 Å². The van der Waals surface area contributed by atoms with Crippen molar-refractivity contribution in [1.82, 2.24) is 5.10 Å². The number of aromatic nitrogens is 2. The molecule has 0 aliphatic heterocycles. The van der Waals surface area contributed by atoms with Gasteiger partial charge in [-0.2, -0.15) is 0 Å². The predicted octanol–water partition coefficient (Wildman–Crippen LogP) is 2.76. The fourth-order valence-corrected chi connectivity index (χ4v) is 2.07. The predicted molar refractivity (Wildman–Crippen MR) is 73.7 cm³/mol. The SMILES string of the molecule is COc1ccc(-c2cc3ccccc3[n+](=O)[nH]2)cc1. The van der Waals surface area contributed by atoms with Gasteiger partial charge in [-0.25, -0.2) is 0 Å². The fraction of sp³-hybridized carbons (Fsp3) is 0.0667. The van der Waals surface area contributed by atoms with E-state index in [2.05, 4.69) is 5.10 Å². The highest BCUT2D eigenvalue weighted by Gasteiger charge is 2.09. The second kappa shape index (κ2) is 4.57. The minimum atomic E-state index is 0.625. The van der Waals surface area contributed by atoms with Crippen molar-refractivity contribution in [2.24, 2.45) is 0 Å². The number of nitrogens with zero attached hydrogens (tertiary/aromatic N) is 1. The van der Waals surface area contributed by atoms with Crippen LogP contribution in [-0.2, 0) is 0 Å². The smallest absolute Gasteiger partial charge is 0.299 e. The van der Waals surface area contributed by atoms with Gasteiger partial charge in [0.2, 0.25) is 0 Å². The highest BCUT2D eigenvalue weighted by Crippen LogP contribution is 2.21. The topological polar surface area (TPSA) is 48.0 Å². The maximum Gasteiger partial charge on any atom is 0.299 e. The van der Waals surface area contributed by atoms with E-state index in [1.807, 2.05) is 48.5 Å². The van der Waals surface area contributed by atoms with E-state index < -0.39 is 0 Å². The molecular weight excluding hydrogens is 240 g/mol. The molecule has 4 heteroatoms. The molecule has 1 heterocycles. The summed E-state index contributed by atoms with van der Waals surface area (Å²) in [5.74, 6) is 0.791. The van der Waals surface area contributed by atoms with Crippen molar-refractivity contribution in [3.8, 4) is 17.0 Å². The fourth-order valence-electron chi connectivity index (χ4n) is 2.07. The van der Waals surface area contributed by atoms with Gasteiger partial charge in [0.25, 0.3) is 5.52 Å².